The number of rotatable bonds is 2. The molecule has 1 amide bonds. The Balaban J connectivity index is 1.92. The standard InChI is InChI=1S/C6H9N5O/c12-6(5-3-8-11-10-5)9-4-1-7-2-4/h3-4,7H,1-2H2,(H,9,12)(H,8,10,11). The maximum absolute atomic E-state index is 11.2. The normalized spacial score (nSPS) is 17.0. The molecular formula is C6H9N5O. The predicted molar refractivity (Wildman–Crippen MR) is 40.5 cm³/mol. The van der Waals surface area contributed by atoms with Crippen LogP contribution in [0.15, 0.2) is 6.20 Å². The fourth-order valence-corrected chi connectivity index (χ4v) is 0.961. The van der Waals surface area contributed by atoms with E-state index in [2.05, 4.69) is 26.0 Å². The number of carbonyl (C=O) groups is 1. The monoisotopic (exact) mass is 167 g/mol. The van der Waals surface area contributed by atoms with Crippen LogP contribution >= 0.6 is 0 Å². The molecule has 1 fully saturated rings. The lowest BCUT2D eigenvalue weighted by Gasteiger charge is -2.27. The molecule has 1 aliphatic heterocycles. The molecule has 3 N–H and O–H groups in total. The van der Waals surface area contributed by atoms with E-state index in [1.165, 1.54) is 6.20 Å². The van der Waals surface area contributed by atoms with Crippen molar-refractivity contribution in [3.05, 3.63) is 11.9 Å². The molecule has 2 rings (SSSR count). The van der Waals surface area contributed by atoms with E-state index >= 15 is 0 Å². The van der Waals surface area contributed by atoms with Gasteiger partial charge in [0, 0.05) is 13.1 Å². The summed E-state index contributed by atoms with van der Waals surface area (Å²) in [5.41, 5.74) is 0.335. The van der Waals surface area contributed by atoms with Gasteiger partial charge < -0.3 is 10.6 Å². The number of nitrogens with zero attached hydrogens (tertiary/aromatic N) is 2. The lowest BCUT2D eigenvalue weighted by Crippen LogP contribution is -2.56. The summed E-state index contributed by atoms with van der Waals surface area (Å²) in [4.78, 5) is 11.2. The number of hydrogen-bond acceptors (Lipinski definition) is 4. The van der Waals surface area contributed by atoms with Gasteiger partial charge in [-0.15, -0.1) is 0 Å². The zero-order valence-corrected chi connectivity index (χ0v) is 6.37. The Morgan fingerprint density at radius 1 is 1.67 bits per heavy atom. The number of nitrogens with one attached hydrogen (secondary N) is 3. The molecule has 0 radical (unpaired) electrons. The first-order valence-electron chi connectivity index (χ1n) is 3.73. The smallest absolute Gasteiger partial charge is 0.273 e. The summed E-state index contributed by atoms with van der Waals surface area (Å²) in [5.74, 6) is -0.171. The molecule has 6 heteroatoms. The second-order valence-electron chi connectivity index (χ2n) is 2.68. The van der Waals surface area contributed by atoms with E-state index in [4.69, 9.17) is 0 Å². The Hall–Kier alpha value is -1.43. The SMILES string of the molecule is O=C(NC1CNC1)c1cn[nH]n1. The third-order valence-electron chi connectivity index (χ3n) is 1.76. The Kier molecular flexibility index (Phi) is 1.75. The largest absolute Gasteiger partial charge is 0.345 e. The number of carbonyl (C=O) groups excluding carboxylic acids is 1. The maximum atomic E-state index is 11.2. The molecule has 1 aliphatic rings. The fourth-order valence-electron chi connectivity index (χ4n) is 0.961. The molecule has 0 aliphatic carbocycles. The number of aromatic nitrogens is 3. The molecule has 0 bridgehead atoms. The molecule has 1 aromatic rings. The molecule has 12 heavy (non-hydrogen) atoms. The van der Waals surface area contributed by atoms with E-state index in [0.717, 1.165) is 13.1 Å². The average Bonchev–Trinajstić information content (AvgIpc) is 2.47. The Labute approximate surface area is 68.7 Å². The summed E-state index contributed by atoms with van der Waals surface area (Å²) in [7, 11) is 0. The summed E-state index contributed by atoms with van der Waals surface area (Å²) in [6.07, 6.45) is 1.40. The minimum Gasteiger partial charge on any atom is -0.345 e. The quantitative estimate of drug-likeness (QED) is 0.501. The first-order valence-corrected chi connectivity index (χ1v) is 3.73. The minimum absolute atomic E-state index is 0.171. The van der Waals surface area contributed by atoms with Gasteiger partial charge in [-0.3, -0.25) is 4.79 Å². The van der Waals surface area contributed by atoms with Crippen LogP contribution in [-0.2, 0) is 0 Å². The van der Waals surface area contributed by atoms with E-state index in [-0.39, 0.29) is 11.9 Å². The highest BCUT2D eigenvalue weighted by Crippen LogP contribution is 1.94. The Bertz CT molecular complexity index is 265. The number of aromatic amines is 1. The zero-order valence-electron chi connectivity index (χ0n) is 6.37. The van der Waals surface area contributed by atoms with Crippen LogP contribution in [0.1, 0.15) is 10.5 Å². The molecule has 1 aromatic heterocycles. The van der Waals surface area contributed by atoms with Crippen molar-refractivity contribution >= 4 is 5.91 Å². The molecule has 0 saturated carbocycles. The van der Waals surface area contributed by atoms with E-state index in [9.17, 15) is 4.79 Å². The summed E-state index contributed by atoms with van der Waals surface area (Å²) in [6, 6.07) is 0.245. The third-order valence-corrected chi connectivity index (χ3v) is 1.76. The molecule has 1 saturated heterocycles. The van der Waals surface area contributed by atoms with Gasteiger partial charge in [-0.1, -0.05) is 0 Å². The second-order valence-corrected chi connectivity index (χ2v) is 2.68. The van der Waals surface area contributed by atoms with Crippen molar-refractivity contribution in [2.24, 2.45) is 0 Å². The van der Waals surface area contributed by atoms with Crippen LogP contribution in [0.4, 0.5) is 0 Å². The molecular weight excluding hydrogens is 158 g/mol. The zero-order chi connectivity index (χ0) is 8.39. The van der Waals surface area contributed by atoms with Crippen molar-refractivity contribution in [2.45, 2.75) is 6.04 Å². The van der Waals surface area contributed by atoms with Gasteiger partial charge >= 0.3 is 0 Å². The van der Waals surface area contributed by atoms with Gasteiger partial charge in [-0.05, 0) is 0 Å². The number of hydrogen-bond donors (Lipinski definition) is 3. The molecule has 2 heterocycles. The topological polar surface area (TPSA) is 82.7 Å². The van der Waals surface area contributed by atoms with Crippen LogP contribution in [-0.4, -0.2) is 40.4 Å². The highest BCUT2D eigenvalue weighted by molar-refractivity contribution is 5.92. The molecule has 0 unspecified atom stereocenters. The van der Waals surface area contributed by atoms with Crippen molar-refractivity contribution in [1.82, 2.24) is 26.0 Å². The van der Waals surface area contributed by atoms with Crippen LogP contribution in [0.2, 0.25) is 0 Å². The molecule has 0 atom stereocenters. The first kappa shape index (κ1) is 7.23. The lowest BCUT2D eigenvalue weighted by atomic mass is 10.2. The van der Waals surface area contributed by atoms with Crippen molar-refractivity contribution in [3.8, 4) is 0 Å². The number of amides is 1. The number of H-pyrrole nitrogens is 1. The third kappa shape index (κ3) is 1.28. The fraction of sp³-hybridized carbons (Fsp3) is 0.500. The van der Waals surface area contributed by atoms with Gasteiger partial charge in [0.1, 0.15) is 0 Å². The van der Waals surface area contributed by atoms with Gasteiger partial charge in [0.05, 0.1) is 12.2 Å². The van der Waals surface area contributed by atoms with E-state index in [0.29, 0.717) is 5.69 Å². The highest BCUT2D eigenvalue weighted by Gasteiger charge is 2.20. The summed E-state index contributed by atoms with van der Waals surface area (Å²) in [5, 5.41) is 15.4. The lowest BCUT2D eigenvalue weighted by molar-refractivity contribution is 0.0919. The summed E-state index contributed by atoms with van der Waals surface area (Å²) < 4.78 is 0. The van der Waals surface area contributed by atoms with Crippen molar-refractivity contribution in [1.29, 1.82) is 0 Å². The van der Waals surface area contributed by atoms with Crippen molar-refractivity contribution in [3.63, 3.8) is 0 Å². The predicted octanol–water partition coefficient (Wildman–Crippen LogP) is -1.49. The maximum Gasteiger partial charge on any atom is 0.273 e. The van der Waals surface area contributed by atoms with Gasteiger partial charge in [-0.2, -0.15) is 15.4 Å². The van der Waals surface area contributed by atoms with Crippen molar-refractivity contribution < 1.29 is 4.79 Å². The van der Waals surface area contributed by atoms with E-state index in [1.807, 2.05) is 0 Å². The van der Waals surface area contributed by atoms with Crippen LogP contribution in [0.3, 0.4) is 0 Å². The van der Waals surface area contributed by atoms with E-state index in [1.54, 1.807) is 0 Å². The summed E-state index contributed by atoms with van der Waals surface area (Å²) >= 11 is 0. The average molecular weight is 167 g/mol. The van der Waals surface area contributed by atoms with Crippen LogP contribution in [0.25, 0.3) is 0 Å². The van der Waals surface area contributed by atoms with Gasteiger partial charge in [0.15, 0.2) is 5.69 Å². The second kappa shape index (κ2) is 2.90. The van der Waals surface area contributed by atoms with Crippen LogP contribution in [0, 0.1) is 0 Å². The van der Waals surface area contributed by atoms with Gasteiger partial charge in [-0.25, -0.2) is 0 Å². The molecule has 0 aromatic carbocycles. The first-order chi connectivity index (χ1) is 5.86. The molecule has 0 spiro atoms. The van der Waals surface area contributed by atoms with Gasteiger partial charge in [0.2, 0.25) is 0 Å². The van der Waals surface area contributed by atoms with E-state index < -0.39 is 0 Å². The Morgan fingerprint density at radius 2 is 2.50 bits per heavy atom. The highest BCUT2D eigenvalue weighted by atomic mass is 16.2. The molecule has 64 valence electrons. The van der Waals surface area contributed by atoms with Crippen LogP contribution in [0.5, 0.6) is 0 Å². The van der Waals surface area contributed by atoms with Gasteiger partial charge in [0.25, 0.3) is 5.91 Å². The van der Waals surface area contributed by atoms with Crippen LogP contribution < -0.4 is 10.6 Å². The summed E-state index contributed by atoms with van der Waals surface area (Å²) in [6.45, 7) is 1.67. The van der Waals surface area contributed by atoms with Crippen molar-refractivity contribution in [2.75, 3.05) is 13.1 Å². The Morgan fingerprint density at radius 3 is 3.00 bits per heavy atom. The minimum atomic E-state index is -0.171. The molecule has 6 nitrogen and oxygen atoms in total.